The lowest BCUT2D eigenvalue weighted by molar-refractivity contribution is 0.218. The zero-order valence-electron chi connectivity index (χ0n) is 10.0. The van der Waals surface area contributed by atoms with E-state index in [9.17, 15) is 10.2 Å². The SMILES string of the molecule is CC(C)(CO)c1ccc(C2(CO)CC2)cc1. The molecule has 2 heteroatoms. The van der Waals surface area contributed by atoms with Crippen LogP contribution in [0, 0.1) is 0 Å². The Kier molecular flexibility index (Phi) is 2.81. The summed E-state index contributed by atoms with van der Waals surface area (Å²) in [5, 5.41) is 18.6. The van der Waals surface area contributed by atoms with Crippen LogP contribution in [0.25, 0.3) is 0 Å². The minimum absolute atomic E-state index is 0.0435. The number of aliphatic hydroxyl groups is 2. The number of aliphatic hydroxyl groups excluding tert-OH is 2. The predicted octanol–water partition coefficient (Wildman–Crippen LogP) is 1.98. The Morgan fingerprint density at radius 1 is 1.12 bits per heavy atom. The number of rotatable bonds is 4. The maximum absolute atomic E-state index is 9.35. The fourth-order valence-electron chi connectivity index (χ4n) is 2.06. The smallest absolute Gasteiger partial charge is 0.0527 e. The highest BCUT2D eigenvalue weighted by Gasteiger charge is 2.43. The lowest BCUT2D eigenvalue weighted by Crippen LogP contribution is -2.22. The molecule has 2 N–H and O–H groups in total. The van der Waals surface area contributed by atoms with Crippen LogP contribution in [0.15, 0.2) is 24.3 Å². The second kappa shape index (κ2) is 3.86. The van der Waals surface area contributed by atoms with Crippen LogP contribution < -0.4 is 0 Å². The van der Waals surface area contributed by atoms with E-state index < -0.39 is 0 Å². The van der Waals surface area contributed by atoms with Crippen LogP contribution >= 0.6 is 0 Å². The Hall–Kier alpha value is -0.860. The van der Waals surface area contributed by atoms with Gasteiger partial charge in [-0.2, -0.15) is 0 Å². The third-order valence-corrected chi connectivity index (χ3v) is 3.83. The first-order valence-electron chi connectivity index (χ1n) is 5.87. The van der Waals surface area contributed by atoms with Gasteiger partial charge >= 0.3 is 0 Å². The summed E-state index contributed by atoms with van der Waals surface area (Å²) < 4.78 is 0. The molecule has 0 bridgehead atoms. The van der Waals surface area contributed by atoms with Crippen molar-refractivity contribution in [3.05, 3.63) is 35.4 Å². The first-order chi connectivity index (χ1) is 7.54. The van der Waals surface area contributed by atoms with Gasteiger partial charge in [0.25, 0.3) is 0 Å². The molecule has 0 aliphatic heterocycles. The van der Waals surface area contributed by atoms with Gasteiger partial charge in [0.1, 0.15) is 0 Å². The summed E-state index contributed by atoms with van der Waals surface area (Å²) >= 11 is 0. The van der Waals surface area contributed by atoms with Gasteiger partial charge in [0.2, 0.25) is 0 Å². The molecule has 16 heavy (non-hydrogen) atoms. The second-order valence-electron chi connectivity index (χ2n) is 5.56. The Balaban J connectivity index is 2.23. The Bertz CT molecular complexity index is 336. The van der Waals surface area contributed by atoms with Crippen molar-refractivity contribution >= 4 is 0 Å². The molecule has 1 aromatic rings. The maximum Gasteiger partial charge on any atom is 0.0527 e. The molecule has 1 aliphatic rings. The van der Waals surface area contributed by atoms with Crippen molar-refractivity contribution < 1.29 is 10.2 Å². The quantitative estimate of drug-likeness (QED) is 0.814. The van der Waals surface area contributed by atoms with E-state index in [-0.39, 0.29) is 24.0 Å². The largest absolute Gasteiger partial charge is 0.395 e. The topological polar surface area (TPSA) is 40.5 Å². The van der Waals surface area contributed by atoms with E-state index in [1.54, 1.807) is 0 Å². The van der Waals surface area contributed by atoms with Crippen molar-refractivity contribution in [3.63, 3.8) is 0 Å². The van der Waals surface area contributed by atoms with Crippen LogP contribution in [0.4, 0.5) is 0 Å². The first-order valence-corrected chi connectivity index (χ1v) is 5.87. The molecule has 0 radical (unpaired) electrons. The summed E-state index contributed by atoms with van der Waals surface area (Å²) in [6.07, 6.45) is 2.18. The van der Waals surface area contributed by atoms with Gasteiger partial charge in [0.15, 0.2) is 0 Å². The van der Waals surface area contributed by atoms with Crippen molar-refractivity contribution in [1.82, 2.24) is 0 Å². The Morgan fingerprint density at radius 2 is 1.69 bits per heavy atom. The monoisotopic (exact) mass is 220 g/mol. The number of hydrogen-bond acceptors (Lipinski definition) is 2. The van der Waals surface area contributed by atoms with Gasteiger partial charge in [-0.05, 0) is 24.0 Å². The van der Waals surface area contributed by atoms with Crippen molar-refractivity contribution in [2.45, 2.75) is 37.5 Å². The molecule has 0 spiro atoms. The van der Waals surface area contributed by atoms with Gasteiger partial charge in [0, 0.05) is 10.8 Å². The van der Waals surface area contributed by atoms with E-state index in [1.807, 2.05) is 13.8 Å². The second-order valence-corrected chi connectivity index (χ2v) is 5.56. The molecule has 2 nitrogen and oxygen atoms in total. The van der Waals surface area contributed by atoms with Gasteiger partial charge < -0.3 is 10.2 Å². The standard InChI is InChI=1S/C14H20O2/c1-13(2,9-15)11-3-5-12(6-4-11)14(10-16)7-8-14/h3-6,15-16H,7-10H2,1-2H3. The van der Waals surface area contributed by atoms with Crippen LogP contribution in [0.1, 0.15) is 37.8 Å². The zero-order valence-corrected chi connectivity index (χ0v) is 10.0. The summed E-state index contributed by atoms with van der Waals surface area (Å²) in [6.45, 7) is 4.45. The molecule has 2 rings (SSSR count). The van der Waals surface area contributed by atoms with Crippen molar-refractivity contribution in [3.8, 4) is 0 Å². The normalized spacial score (nSPS) is 18.5. The maximum atomic E-state index is 9.35. The summed E-state index contributed by atoms with van der Waals surface area (Å²) in [6, 6.07) is 8.33. The third-order valence-electron chi connectivity index (χ3n) is 3.83. The van der Waals surface area contributed by atoms with E-state index in [1.165, 1.54) is 5.56 Å². The summed E-state index contributed by atoms with van der Waals surface area (Å²) in [7, 11) is 0. The van der Waals surface area contributed by atoms with E-state index in [4.69, 9.17) is 0 Å². The average molecular weight is 220 g/mol. The summed E-state index contributed by atoms with van der Waals surface area (Å²) in [5.41, 5.74) is 2.23. The van der Waals surface area contributed by atoms with E-state index in [0.29, 0.717) is 0 Å². The van der Waals surface area contributed by atoms with Crippen LogP contribution in [0.5, 0.6) is 0 Å². The number of hydrogen-bond donors (Lipinski definition) is 2. The molecule has 1 aliphatic carbocycles. The van der Waals surface area contributed by atoms with Gasteiger partial charge in [-0.3, -0.25) is 0 Å². The molecule has 0 atom stereocenters. The molecule has 1 saturated carbocycles. The fourth-order valence-corrected chi connectivity index (χ4v) is 2.06. The third kappa shape index (κ3) is 1.87. The highest BCUT2D eigenvalue weighted by atomic mass is 16.3. The lowest BCUT2D eigenvalue weighted by Gasteiger charge is -2.23. The molecule has 1 fully saturated rings. The van der Waals surface area contributed by atoms with Gasteiger partial charge in [-0.1, -0.05) is 38.1 Å². The van der Waals surface area contributed by atoms with Crippen molar-refractivity contribution in [1.29, 1.82) is 0 Å². The molecule has 0 unspecified atom stereocenters. The van der Waals surface area contributed by atoms with E-state index in [2.05, 4.69) is 24.3 Å². The number of benzene rings is 1. The highest BCUT2D eigenvalue weighted by molar-refractivity contribution is 5.36. The molecular weight excluding hydrogens is 200 g/mol. The van der Waals surface area contributed by atoms with Crippen LogP contribution in [-0.2, 0) is 10.8 Å². The zero-order chi connectivity index (χ0) is 11.8. The van der Waals surface area contributed by atoms with Crippen molar-refractivity contribution in [2.75, 3.05) is 13.2 Å². The lowest BCUT2D eigenvalue weighted by atomic mass is 9.84. The van der Waals surface area contributed by atoms with Gasteiger partial charge in [0.05, 0.1) is 13.2 Å². The van der Waals surface area contributed by atoms with Crippen LogP contribution in [0.2, 0.25) is 0 Å². The fraction of sp³-hybridized carbons (Fsp3) is 0.571. The Labute approximate surface area is 96.9 Å². The predicted molar refractivity (Wildman–Crippen MR) is 64.6 cm³/mol. The summed E-state index contributed by atoms with van der Waals surface area (Å²) in [5.74, 6) is 0. The molecule has 0 saturated heterocycles. The van der Waals surface area contributed by atoms with Gasteiger partial charge in [-0.15, -0.1) is 0 Å². The average Bonchev–Trinajstić information content (AvgIpc) is 3.10. The summed E-state index contributed by atoms with van der Waals surface area (Å²) in [4.78, 5) is 0. The Morgan fingerprint density at radius 3 is 2.06 bits per heavy atom. The molecule has 1 aromatic carbocycles. The van der Waals surface area contributed by atoms with E-state index in [0.717, 1.165) is 18.4 Å². The molecule has 88 valence electrons. The molecule has 0 aromatic heterocycles. The molecule has 0 amide bonds. The minimum Gasteiger partial charge on any atom is -0.395 e. The van der Waals surface area contributed by atoms with E-state index >= 15 is 0 Å². The minimum atomic E-state index is -0.186. The van der Waals surface area contributed by atoms with Gasteiger partial charge in [-0.25, -0.2) is 0 Å². The first kappa shape index (κ1) is 11.6. The molecule has 0 heterocycles. The van der Waals surface area contributed by atoms with Crippen LogP contribution in [-0.4, -0.2) is 23.4 Å². The highest BCUT2D eigenvalue weighted by Crippen LogP contribution is 2.47. The van der Waals surface area contributed by atoms with Crippen molar-refractivity contribution in [2.24, 2.45) is 0 Å². The van der Waals surface area contributed by atoms with Crippen LogP contribution in [0.3, 0.4) is 0 Å². The molecular formula is C14H20O2.